The van der Waals surface area contributed by atoms with E-state index in [1.807, 2.05) is 32.9 Å². The van der Waals surface area contributed by atoms with Gasteiger partial charge >= 0.3 is 0 Å². The monoisotopic (exact) mass is 522 g/mol. The fourth-order valence-corrected chi connectivity index (χ4v) is 4.51. The fraction of sp³-hybridized carbons (Fsp3) is 0.600. The molecule has 0 fully saturated rings. The van der Waals surface area contributed by atoms with E-state index in [9.17, 15) is 4.79 Å². The highest BCUT2D eigenvalue weighted by Gasteiger charge is 2.27. The van der Waals surface area contributed by atoms with Crippen molar-refractivity contribution in [3.8, 4) is 0 Å². The van der Waals surface area contributed by atoms with Gasteiger partial charge < -0.3 is 5.32 Å². The number of hydrogen-bond donors (Lipinski definition) is 1. The number of carbonyl (C=O) groups is 1. The lowest BCUT2D eigenvalue weighted by molar-refractivity contribution is -0.123. The van der Waals surface area contributed by atoms with E-state index in [4.69, 9.17) is 4.99 Å². The van der Waals surface area contributed by atoms with Crippen LogP contribution in [0.15, 0.2) is 35.3 Å². The predicted octanol–water partition coefficient (Wildman–Crippen LogP) is 10.5. The van der Waals surface area contributed by atoms with Gasteiger partial charge in [0.15, 0.2) is 0 Å². The molecule has 1 aliphatic rings. The molecule has 1 amide bonds. The van der Waals surface area contributed by atoms with Crippen LogP contribution in [0, 0.1) is 24.7 Å². The normalized spacial score (nSPS) is 13.3. The molecule has 2 aromatic carbocycles. The standard InChI is InChI=1S/C17H25N.C16H25NO.2CH4/c1-11-8-12-9-15(17(5,6)7)18-14(12)10-13(11)16(2,3)4;1-11-10-12(17-14(18)16(5,6)7)8-9-13(11)15(2,3)4;;/h8,10H,9H2,1-7H3;8-10H,1-7H3,(H,17,18);2*1H4. The maximum atomic E-state index is 11.9. The first-order valence-electron chi connectivity index (χ1n) is 13.3. The van der Waals surface area contributed by atoms with E-state index >= 15 is 0 Å². The summed E-state index contributed by atoms with van der Waals surface area (Å²) in [5.41, 5.74) is 10.3. The lowest BCUT2D eigenvalue weighted by atomic mass is 9.82. The highest BCUT2D eigenvalue weighted by atomic mass is 16.2. The smallest absolute Gasteiger partial charge is 0.229 e. The van der Waals surface area contributed by atoms with Crippen molar-refractivity contribution in [1.82, 2.24) is 0 Å². The molecule has 3 rings (SSSR count). The Morgan fingerprint density at radius 2 is 1.21 bits per heavy atom. The maximum Gasteiger partial charge on any atom is 0.229 e. The summed E-state index contributed by atoms with van der Waals surface area (Å²) in [7, 11) is 0. The molecule has 1 N–H and O–H groups in total. The number of hydrogen-bond acceptors (Lipinski definition) is 2. The van der Waals surface area contributed by atoms with Crippen molar-refractivity contribution < 1.29 is 4.79 Å². The van der Waals surface area contributed by atoms with Gasteiger partial charge in [0.25, 0.3) is 0 Å². The molecule has 0 radical (unpaired) electrons. The minimum Gasteiger partial charge on any atom is -0.326 e. The topological polar surface area (TPSA) is 41.5 Å². The summed E-state index contributed by atoms with van der Waals surface area (Å²) in [6, 6.07) is 10.8. The Balaban J connectivity index is 0.000000684. The molecule has 1 aliphatic heterocycles. The molecule has 3 heteroatoms. The third kappa shape index (κ3) is 9.10. The molecule has 1 heterocycles. The summed E-state index contributed by atoms with van der Waals surface area (Å²) in [4.78, 5) is 16.8. The van der Waals surface area contributed by atoms with Crippen molar-refractivity contribution in [2.24, 2.45) is 15.8 Å². The highest BCUT2D eigenvalue weighted by Crippen LogP contribution is 2.38. The van der Waals surface area contributed by atoms with Gasteiger partial charge in [0.1, 0.15) is 0 Å². The van der Waals surface area contributed by atoms with E-state index in [1.54, 1.807) is 0 Å². The van der Waals surface area contributed by atoms with Gasteiger partial charge in [0.05, 0.1) is 5.69 Å². The first-order valence-corrected chi connectivity index (χ1v) is 13.3. The molecule has 0 aliphatic carbocycles. The summed E-state index contributed by atoms with van der Waals surface area (Å²) in [6.07, 6.45) is 1.02. The SMILES string of the molecule is C.C.Cc1cc(NC(=O)C(C)(C)C)ccc1C(C)(C)C.Cc1cc2c(cc1C(C)(C)C)N=C(C(C)(C)C)C2. The van der Waals surface area contributed by atoms with Gasteiger partial charge in [-0.1, -0.05) is 110 Å². The molecular weight excluding hydrogens is 464 g/mol. The number of aliphatic imine (C=N–C) groups is 1. The van der Waals surface area contributed by atoms with Crippen LogP contribution in [0.4, 0.5) is 11.4 Å². The van der Waals surface area contributed by atoms with Gasteiger partial charge in [-0.15, -0.1) is 0 Å². The molecule has 0 aromatic heterocycles. The molecule has 0 atom stereocenters. The number of carbonyl (C=O) groups excluding carboxylic acids is 1. The van der Waals surface area contributed by atoms with Gasteiger partial charge in [-0.3, -0.25) is 9.79 Å². The van der Waals surface area contributed by atoms with Crippen molar-refractivity contribution in [3.05, 3.63) is 58.1 Å². The average molecular weight is 523 g/mol. The van der Waals surface area contributed by atoms with E-state index in [2.05, 4.69) is 99.7 Å². The Morgan fingerprint density at radius 1 is 0.711 bits per heavy atom. The van der Waals surface area contributed by atoms with Gasteiger partial charge in [-0.05, 0) is 70.7 Å². The summed E-state index contributed by atoms with van der Waals surface area (Å²) >= 11 is 0. The maximum absolute atomic E-state index is 11.9. The van der Waals surface area contributed by atoms with Gasteiger partial charge in [0, 0.05) is 28.6 Å². The van der Waals surface area contributed by atoms with Crippen LogP contribution in [0.2, 0.25) is 0 Å². The van der Waals surface area contributed by atoms with Gasteiger partial charge in [-0.2, -0.15) is 0 Å². The number of amides is 1. The Hall–Kier alpha value is -2.42. The van der Waals surface area contributed by atoms with E-state index in [-0.39, 0.29) is 42.4 Å². The number of aryl methyl sites for hydroxylation is 2. The first-order chi connectivity index (χ1) is 16.1. The van der Waals surface area contributed by atoms with Crippen LogP contribution in [0.3, 0.4) is 0 Å². The van der Waals surface area contributed by atoms with Gasteiger partial charge in [-0.25, -0.2) is 0 Å². The van der Waals surface area contributed by atoms with Crippen molar-refractivity contribution >= 4 is 23.0 Å². The van der Waals surface area contributed by atoms with Crippen LogP contribution >= 0.6 is 0 Å². The quantitative estimate of drug-likeness (QED) is 0.397. The van der Waals surface area contributed by atoms with Crippen LogP contribution in [0.25, 0.3) is 0 Å². The van der Waals surface area contributed by atoms with E-state index in [1.165, 1.54) is 39.2 Å². The first kappa shape index (κ1) is 35.6. The molecule has 0 spiro atoms. The predicted molar refractivity (Wildman–Crippen MR) is 172 cm³/mol. The van der Waals surface area contributed by atoms with E-state index in [0.29, 0.717) is 0 Å². The number of rotatable bonds is 1. The van der Waals surface area contributed by atoms with Crippen molar-refractivity contribution in [2.75, 3.05) is 5.32 Å². The lowest BCUT2D eigenvalue weighted by Crippen LogP contribution is -2.27. The Labute approximate surface area is 236 Å². The second-order valence-corrected chi connectivity index (χ2v) is 14.5. The largest absolute Gasteiger partial charge is 0.326 e. The number of benzene rings is 2. The zero-order chi connectivity index (χ0) is 27.9. The summed E-state index contributed by atoms with van der Waals surface area (Å²) in [5, 5.41) is 2.96. The Bertz CT molecular complexity index is 1140. The highest BCUT2D eigenvalue weighted by molar-refractivity contribution is 5.97. The van der Waals surface area contributed by atoms with E-state index < -0.39 is 0 Å². The van der Waals surface area contributed by atoms with Gasteiger partial charge in [0.2, 0.25) is 5.91 Å². The molecule has 3 nitrogen and oxygen atoms in total. The van der Waals surface area contributed by atoms with Crippen LogP contribution in [0.1, 0.15) is 126 Å². The summed E-state index contributed by atoms with van der Waals surface area (Å²) in [6.45, 7) is 30.2. The number of nitrogens with one attached hydrogen (secondary N) is 1. The third-order valence-electron chi connectivity index (χ3n) is 6.69. The Kier molecular flexibility index (Phi) is 11.4. The minimum atomic E-state index is -0.364. The number of anilines is 1. The number of fused-ring (bicyclic) bond motifs is 1. The van der Waals surface area contributed by atoms with Crippen LogP contribution in [0.5, 0.6) is 0 Å². The second-order valence-electron chi connectivity index (χ2n) is 14.5. The molecule has 0 bridgehead atoms. The minimum absolute atomic E-state index is 0. The van der Waals surface area contributed by atoms with Crippen molar-refractivity contribution in [2.45, 2.75) is 129 Å². The zero-order valence-electron chi connectivity index (χ0n) is 25.4. The molecule has 0 saturated heterocycles. The average Bonchev–Trinajstić information content (AvgIpc) is 3.08. The lowest BCUT2D eigenvalue weighted by Gasteiger charge is -2.23. The third-order valence-corrected chi connectivity index (χ3v) is 6.69. The zero-order valence-corrected chi connectivity index (χ0v) is 25.4. The summed E-state index contributed by atoms with van der Waals surface area (Å²) in [5.74, 6) is 0.0467. The van der Waals surface area contributed by atoms with Crippen molar-refractivity contribution in [1.29, 1.82) is 0 Å². The molecule has 0 saturated carbocycles. The van der Waals surface area contributed by atoms with Crippen LogP contribution in [-0.4, -0.2) is 11.6 Å². The molecule has 2 aromatic rings. The Morgan fingerprint density at radius 3 is 1.63 bits per heavy atom. The molecule has 0 unspecified atom stereocenters. The van der Waals surface area contributed by atoms with Crippen molar-refractivity contribution in [3.63, 3.8) is 0 Å². The second kappa shape index (κ2) is 12.2. The van der Waals surface area contributed by atoms with Crippen LogP contribution in [-0.2, 0) is 22.0 Å². The number of nitrogens with zero attached hydrogens (tertiary/aromatic N) is 1. The molecular formula is C35H58N2O. The summed E-state index contributed by atoms with van der Waals surface area (Å²) < 4.78 is 0. The molecule has 214 valence electrons. The van der Waals surface area contributed by atoms with Crippen LogP contribution < -0.4 is 5.32 Å². The molecule has 38 heavy (non-hydrogen) atoms. The van der Waals surface area contributed by atoms with E-state index in [0.717, 1.165) is 12.1 Å². The fourth-order valence-electron chi connectivity index (χ4n) is 4.51.